The number of anilines is 1. The Morgan fingerprint density at radius 3 is 2.76 bits per heavy atom. The lowest BCUT2D eigenvalue weighted by Crippen LogP contribution is -2.45. The molecule has 1 aromatic heterocycles. The number of rotatable bonds is 3. The number of hydrogen-bond donors (Lipinski definition) is 1. The Hall–Kier alpha value is -0.680. The van der Waals surface area contributed by atoms with Crippen molar-refractivity contribution >= 4 is 16.5 Å². The molecule has 0 aliphatic carbocycles. The Bertz CT molecular complexity index is 369. The Labute approximate surface area is 107 Å². The molecule has 2 rings (SSSR count). The fraction of sp³-hybridized carbons (Fsp3) is 0.833. The second-order valence-corrected chi connectivity index (χ2v) is 6.88. The molecule has 0 saturated carbocycles. The van der Waals surface area contributed by atoms with Crippen LogP contribution in [0.15, 0.2) is 0 Å². The summed E-state index contributed by atoms with van der Waals surface area (Å²) in [5.41, 5.74) is 0.186. The standard InChI is InChI=1S/C12H22N4S/c1-9-14-15-11(17-9)16-7-5-6-10(16)8-13-12(2,3)4/h10,13H,5-8H2,1-4H3. The van der Waals surface area contributed by atoms with Crippen molar-refractivity contribution in [3.63, 3.8) is 0 Å². The van der Waals surface area contributed by atoms with Gasteiger partial charge in [0.25, 0.3) is 0 Å². The number of hydrogen-bond acceptors (Lipinski definition) is 5. The Kier molecular flexibility index (Phi) is 3.68. The van der Waals surface area contributed by atoms with E-state index in [2.05, 4.69) is 41.2 Å². The Morgan fingerprint density at radius 1 is 1.41 bits per heavy atom. The van der Waals surface area contributed by atoms with E-state index in [1.807, 2.05) is 6.92 Å². The number of nitrogens with zero attached hydrogens (tertiary/aromatic N) is 3. The fourth-order valence-corrected chi connectivity index (χ4v) is 2.91. The van der Waals surface area contributed by atoms with Crippen LogP contribution in [0.3, 0.4) is 0 Å². The molecule has 17 heavy (non-hydrogen) atoms. The van der Waals surface area contributed by atoms with Crippen molar-refractivity contribution in [2.75, 3.05) is 18.0 Å². The highest BCUT2D eigenvalue weighted by Crippen LogP contribution is 2.27. The van der Waals surface area contributed by atoms with E-state index >= 15 is 0 Å². The van der Waals surface area contributed by atoms with Gasteiger partial charge in [-0.1, -0.05) is 11.3 Å². The first-order valence-corrected chi connectivity index (χ1v) is 7.09. The highest BCUT2D eigenvalue weighted by atomic mass is 32.1. The van der Waals surface area contributed by atoms with Crippen LogP contribution < -0.4 is 10.2 Å². The minimum Gasteiger partial charge on any atom is -0.342 e. The smallest absolute Gasteiger partial charge is 0.208 e. The van der Waals surface area contributed by atoms with E-state index in [0.717, 1.165) is 23.2 Å². The minimum absolute atomic E-state index is 0.186. The molecule has 1 fully saturated rings. The van der Waals surface area contributed by atoms with Crippen LogP contribution in [0.25, 0.3) is 0 Å². The summed E-state index contributed by atoms with van der Waals surface area (Å²) in [6.45, 7) is 10.8. The fourth-order valence-electron chi connectivity index (χ4n) is 2.13. The summed E-state index contributed by atoms with van der Waals surface area (Å²) in [6, 6.07) is 0.571. The van der Waals surface area contributed by atoms with Crippen molar-refractivity contribution in [3.8, 4) is 0 Å². The molecule has 0 spiro atoms. The number of aromatic nitrogens is 2. The van der Waals surface area contributed by atoms with Crippen molar-refractivity contribution in [2.45, 2.75) is 52.1 Å². The zero-order valence-electron chi connectivity index (χ0n) is 11.2. The van der Waals surface area contributed by atoms with E-state index in [0.29, 0.717) is 6.04 Å². The van der Waals surface area contributed by atoms with Crippen molar-refractivity contribution in [3.05, 3.63) is 5.01 Å². The zero-order valence-corrected chi connectivity index (χ0v) is 12.0. The molecule has 1 aromatic rings. The summed E-state index contributed by atoms with van der Waals surface area (Å²) in [4.78, 5) is 2.41. The predicted octanol–water partition coefficient (Wildman–Crippen LogP) is 2.20. The van der Waals surface area contributed by atoms with Crippen LogP contribution in [0, 0.1) is 6.92 Å². The Morgan fingerprint density at radius 2 is 2.18 bits per heavy atom. The molecule has 2 heterocycles. The molecule has 96 valence electrons. The molecule has 0 bridgehead atoms. The number of aryl methyl sites for hydroxylation is 1. The summed E-state index contributed by atoms with van der Waals surface area (Å²) in [6.07, 6.45) is 2.51. The largest absolute Gasteiger partial charge is 0.342 e. The van der Waals surface area contributed by atoms with Crippen LogP contribution in [0.4, 0.5) is 5.13 Å². The van der Waals surface area contributed by atoms with Gasteiger partial charge in [0, 0.05) is 24.7 Å². The molecule has 1 atom stereocenters. The van der Waals surface area contributed by atoms with Crippen LogP contribution in [0.2, 0.25) is 0 Å². The monoisotopic (exact) mass is 254 g/mol. The maximum atomic E-state index is 4.26. The topological polar surface area (TPSA) is 41.1 Å². The third-order valence-electron chi connectivity index (χ3n) is 3.01. The molecule has 0 amide bonds. The molecule has 1 N–H and O–H groups in total. The molecule has 0 radical (unpaired) electrons. The van der Waals surface area contributed by atoms with Gasteiger partial charge in [-0.25, -0.2) is 0 Å². The van der Waals surface area contributed by atoms with Crippen molar-refractivity contribution < 1.29 is 0 Å². The minimum atomic E-state index is 0.186. The lowest BCUT2D eigenvalue weighted by atomic mass is 10.1. The maximum absolute atomic E-state index is 4.26. The summed E-state index contributed by atoms with van der Waals surface area (Å²) >= 11 is 1.70. The van der Waals surface area contributed by atoms with E-state index in [4.69, 9.17) is 0 Å². The lowest BCUT2D eigenvalue weighted by Gasteiger charge is -2.28. The SMILES string of the molecule is Cc1nnc(N2CCCC2CNC(C)(C)C)s1. The van der Waals surface area contributed by atoms with Crippen molar-refractivity contribution in [1.82, 2.24) is 15.5 Å². The summed E-state index contributed by atoms with van der Waals surface area (Å²) < 4.78 is 0. The first kappa shape index (κ1) is 12.8. The van der Waals surface area contributed by atoms with Gasteiger partial charge >= 0.3 is 0 Å². The quantitative estimate of drug-likeness (QED) is 0.898. The van der Waals surface area contributed by atoms with Gasteiger partial charge in [-0.05, 0) is 40.5 Å². The number of nitrogens with one attached hydrogen (secondary N) is 1. The average Bonchev–Trinajstić information content (AvgIpc) is 2.81. The molecule has 0 aromatic carbocycles. The van der Waals surface area contributed by atoms with Crippen molar-refractivity contribution in [1.29, 1.82) is 0 Å². The maximum Gasteiger partial charge on any atom is 0.208 e. The van der Waals surface area contributed by atoms with Crippen LogP contribution in [-0.2, 0) is 0 Å². The van der Waals surface area contributed by atoms with Gasteiger partial charge in [0.15, 0.2) is 0 Å². The second kappa shape index (κ2) is 4.90. The van der Waals surface area contributed by atoms with E-state index < -0.39 is 0 Å². The van der Waals surface area contributed by atoms with Crippen LogP contribution in [0.1, 0.15) is 38.6 Å². The van der Waals surface area contributed by atoms with Crippen LogP contribution in [-0.4, -0.2) is 34.9 Å². The molecule has 1 saturated heterocycles. The van der Waals surface area contributed by atoms with Gasteiger partial charge in [0.2, 0.25) is 5.13 Å². The highest BCUT2D eigenvalue weighted by molar-refractivity contribution is 7.15. The zero-order chi connectivity index (χ0) is 12.5. The van der Waals surface area contributed by atoms with Crippen LogP contribution in [0.5, 0.6) is 0 Å². The summed E-state index contributed by atoms with van der Waals surface area (Å²) in [5.74, 6) is 0. The van der Waals surface area contributed by atoms with Gasteiger partial charge in [-0.3, -0.25) is 0 Å². The summed E-state index contributed by atoms with van der Waals surface area (Å²) in [7, 11) is 0. The third-order valence-corrected chi connectivity index (χ3v) is 3.88. The Balaban J connectivity index is 1.98. The van der Waals surface area contributed by atoms with Gasteiger partial charge in [0.05, 0.1) is 0 Å². The normalized spacial score (nSPS) is 21.2. The van der Waals surface area contributed by atoms with Gasteiger partial charge in [-0.15, -0.1) is 10.2 Å². The average molecular weight is 254 g/mol. The van der Waals surface area contributed by atoms with E-state index in [1.165, 1.54) is 12.8 Å². The second-order valence-electron chi connectivity index (χ2n) is 5.72. The van der Waals surface area contributed by atoms with Gasteiger partial charge in [0.1, 0.15) is 5.01 Å². The van der Waals surface area contributed by atoms with E-state index in [-0.39, 0.29) is 5.54 Å². The van der Waals surface area contributed by atoms with Crippen LogP contribution >= 0.6 is 11.3 Å². The molecule has 1 aliphatic rings. The first-order chi connectivity index (χ1) is 7.96. The predicted molar refractivity (Wildman–Crippen MR) is 72.8 cm³/mol. The van der Waals surface area contributed by atoms with Gasteiger partial charge in [-0.2, -0.15) is 0 Å². The molecule has 1 aliphatic heterocycles. The third kappa shape index (κ3) is 3.39. The first-order valence-electron chi connectivity index (χ1n) is 6.27. The lowest BCUT2D eigenvalue weighted by molar-refractivity contribution is 0.405. The van der Waals surface area contributed by atoms with E-state index in [9.17, 15) is 0 Å². The summed E-state index contributed by atoms with van der Waals surface area (Å²) in [5, 5.41) is 14.1. The van der Waals surface area contributed by atoms with E-state index in [1.54, 1.807) is 11.3 Å². The molecular formula is C12H22N4S. The molecule has 4 nitrogen and oxygen atoms in total. The van der Waals surface area contributed by atoms with Crippen molar-refractivity contribution in [2.24, 2.45) is 0 Å². The highest BCUT2D eigenvalue weighted by Gasteiger charge is 2.27. The molecule has 1 unspecified atom stereocenters. The molecule has 5 heteroatoms. The molecular weight excluding hydrogens is 232 g/mol. The van der Waals surface area contributed by atoms with Gasteiger partial charge < -0.3 is 10.2 Å².